The molecule has 140 valence electrons. The van der Waals surface area contributed by atoms with Gasteiger partial charge in [-0.2, -0.15) is 0 Å². The molecule has 2 saturated heterocycles. The van der Waals surface area contributed by atoms with Crippen LogP contribution in [-0.4, -0.2) is 76.6 Å². The van der Waals surface area contributed by atoms with Crippen LogP contribution in [0.2, 0.25) is 0 Å². The monoisotopic (exact) mass is 340 g/mol. The molecule has 1 atom stereocenters. The first-order valence-electron chi connectivity index (χ1n) is 9.74. The van der Waals surface area contributed by atoms with Gasteiger partial charge in [0, 0.05) is 39.9 Å². The van der Waals surface area contributed by atoms with Crippen molar-refractivity contribution < 1.29 is 9.47 Å². The molecule has 1 unspecified atom stereocenters. The molecule has 2 aliphatic rings. The SMILES string of the molecule is CN=C(NCCCOCC1CCCO1)NCCN1CCCCCC1. The number of nitrogens with one attached hydrogen (secondary N) is 2. The lowest BCUT2D eigenvalue weighted by Crippen LogP contribution is -2.42. The number of nitrogens with zero attached hydrogens (tertiary/aromatic N) is 2. The van der Waals surface area contributed by atoms with Gasteiger partial charge in [-0.1, -0.05) is 12.8 Å². The van der Waals surface area contributed by atoms with Gasteiger partial charge < -0.3 is 25.0 Å². The van der Waals surface area contributed by atoms with Crippen LogP contribution in [0.3, 0.4) is 0 Å². The zero-order chi connectivity index (χ0) is 16.9. The lowest BCUT2D eigenvalue weighted by atomic mass is 10.2. The zero-order valence-electron chi connectivity index (χ0n) is 15.4. The smallest absolute Gasteiger partial charge is 0.191 e. The van der Waals surface area contributed by atoms with Crippen molar-refractivity contribution in [3.8, 4) is 0 Å². The highest BCUT2D eigenvalue weighted by molar-refractivity contribution is 5.79. The average Bonchev–Trinajstić information content (AvgIpc) is 2.98. The highest BCUT2D eigenvalue weighted by Crippen LogP contribution is 2.11. The van der Waals surface area contributed by atoms with Gasteiger partial charge >= 0.3 is 0 Å². The fraction of sp³-hybridized carbons (Fsp3) is 0.944. The van der Waals surface area contributed by atoms with E-state index in [1.165, 1.54) is 45.2 Å². The number of hydrogen-bond acceptors (Lipinski definition) is 4. The average molecular weight is 341 g/mol. The zero-order valence-corrected chi connectivity index (χ0v) is 15.4. The molecular formula is C18H36N4O2. The van der Waals surface area contributed by atoms with Gasteiger partial charge in [-0.15, -0.1) is 0 Å². The Hall–Kier alpha value is -0.850. The van der Waals surface area contributed by atoms with Crippen molar-refractivity contribution in [3.63, 3.8) is 0 Å². The van der Waals surface area contributed by atoms with Crippen LogP contribution in [0, 0.1) is 0 Å². The number of likely N-dealkylation sites (tertiary alicyclic amines) is 1. The number of guanidine groups is 1. The Morgan fingerprint density at radius 1 is 1.12 bits per heavy atom. The number of hydrogen-bond donors (Lipinski definition) is 2. The van der Waals surface area contributed by atoms with E-state index in [0.717, 1.165) is 58.3 Å². The summed E-state index contributed by atoms with van der Waals surface area (Å²) in [7, 11) is 1.83. The molecule has 0 aromatic rings. The van der Waals surface area contributed by atoms with Gasteiger partial charge in [0.2, 0.25) is 0 Å². The molecule has 0 spiro atoms. The Labute approximate surface area is 147 Å². The van der Waals surface area contributed by atoms with Crippen LogP contribution in [-0.2, 0) is 9.47 Å². The van der Waals surface area contributed by atoms with Crippen LogP contribution in [0.4, 0.5) is 0 Å². The molecule has 2 aliphatic heterocycles. The van der Waals surface area contributed by atoms with Crippen molar-refractivity contribution >= 4 is 5.96 Å². The molecule has 0 bridgehead atoms. The lowest BCUT2D eigenvalue weighted by molar-refractivity contribution is 0.0168. The van der Waals surface area contributed by atoms with Gasteiger partial charge in [-0.05, 0) is 45.2 Å². The van der Waals surface area contributed by atoms with Crippen LogP contribution in [0.1, 0.15) is 44.9 Å². The van der Waals surface area contributed by atoms with E-state index in [-0.39, 0.29) is 0 Å². The maximum Gasteiger partial charge on any atom is 0.191 e. The third kappa shape index (κ3) is 8.31. The van der Waals surface area contributed by atoms with Gasteiger partial charge in [-0.25, -0.2) is 0 Å². The van der Waals surface area contributed by atoms with Crippen molar-refractivity contribution in [1.82, 2.24) is 15.5 Å². The second-order valence-corrected chi connectivity index (χ2v) is 6.75. The molecule has 0 aromatic heterocycles. The Bertz CT molecular complexity index is 338. The quantitative estimate of drug-likeness (QED) is 0.379. The second kappa shape index (κ2) is 12.5. The highest BCUT2D eigenvalue weighted by Gasteiger charge is 2.14. The molecule has 0 aromatic carbocycles. The summed E-state index contributed by atoms with van der Waals surface area (Å²) in [5.74, 6) is 0.893. The summed E-state index contributed by atoms with van der Waals surface area (Å²) in [5.41, 5.74) is 0. The summed E-state index contributed by atoms with van der Waals surface area (Å²) in [6.07, 6.45) is 9.11. The Kier molecular flexibility index (Phi) is 10.1. The normalized spacial score (nSPS) is 23.2. The van der Waals surface area contributed by atoms with Gasteiger partial charge in [-0.3, -0.25) is 4.99 Å². The first-order valence-corrected chi connectivity index (χ1v) is 9.74. The largest absolute Gasteiger partial charge is 0.379 e. The summed E-state index contributed by atoms with van der Waals surface area (Å²) in [6.45, 7) is 7.84. The summed E-state index contributed by atoms with van der Waals surface area (Å²) in [6, 6.07) is 0. The van der Waals surface area contributed by atoms with Crippen LogP contribution >= 0.6 is 0 Å². The van der Waals surface area contributed by atoms with E-state index >= 15 is 0 Å². The predicted octanol–water partition coefficient (Wildman–Crippen LogP) is 1.61. The third-order valence-electron chi connectivity index (χ3n) is 4.73. The minimum Gasteiger partial charge on any atom is -0.379 e. The Balaban J connectivity index is 1.44. The van der Waals surface area contributed by atoms with Crippen LogP contribution in [0.25, 0.3) is 0 Å². The maximum absolute atomic E-state index is 5.67. The number of aliphatic imine (C=N–C) groups is 1. The number of rotatable bonds is 9. The fourth-order valence-electron chi connectivity index (χ4n) is 3.28. The van der Waals surface area contributed by atoms with E-state index in [2.05, 4.69) is 20.5 Å². The van der Waals surface area contributed by atoms with E-state index in [1.807, 2.05) is 7.05 Å². The van der Waals surface area contributed by atoms with Crippen LogP contribution < -0.4 is 10.6 Å². The minimum atomic E-state index is 0.325. The lowest BCUT2D eigenvalue weighted by Gasteiger charge is -2.20. The summed E-state index contributed by atoms with van der Waals surface area (Å²) >= 11 is 0. The van der Waals surface area contributed by atoms with E-state index in [1.54, 1.807) is 0 Å². The van der Waals surface area contributed by atoms with E-state index < -0.39 is 0 Å². The summed E-state index contributed by atoms with van der Waals surface area (Å²) in [4.78, 5) is 6.85. The second-order valence-electron chi connectivity index (χ2n) is 6.75. The third-order valence-corrected chi connectivity index (χ3v) is 4.73. The van der Waals surface area contributed by atoms with Crippen molar-refractivity contribution in [2.75, 3.05) is 59.6 Å². The molecule has 24 heavy (non-hydrogen) atoms. The predicted molar refractivity (Wildman–Crippen MR) is 98.7 cm³/mol. The van der Waals surface area contributed by atoms with E-state index in [0.29, 0.717) is 6.10 Å². The molecule has 2 rings (SSSR count). The van der Waals surface area contributed by atoms with Crippen molar-refractivity contribution in [2.45, 2.75) is 51.0 Å². The van der Waals surface area contributed by atoms with Crippen molar-refractivity contribution in [1.29, 1.82) is 0 Å². The molecule has 0 radical (unpaired) electrons. The van der Waals surface area contributed by atoms with Crippen molar-refractivity contribution in [3.05, 3.63) is 0 Å². The van der Waals surface area contributed by atoms with Crippen LogP contribution in [0.15, 0.2) is 4.99 Å². The molecule has 2 fully saturated rings. The molecule has 2 heterocycles. The molecule has 6 nitrogen and oxygen atoms in total. The van der Waals surface area contributed by atoms with Crippen LogP contribution in [0.5, 0.6) is 0 Å². The highest BCUT2D eigenvalue weighted by atomic mass is 16.5. The Morgan fingerprint density at radius 2 is 1.92 bits per heavy atom. The first-order chi connectivity index (χ1) is 11.9. The van der Waals surface area contributed by atoms with E-state index in [4.69, 9.17) is 9.47 Å². The standard InChI is InChI=1S/C18H36N4O2/c1-19-18(21-10-13-22-11-4-2-3-5-12-22)20-9-7-14-23-16-17-8-6-15-24-17/h17H,2-16H2,1H3,(H2,19,20,21). The molecule has 6 heteroatoms. The van der Waals surface area contributed by atoms with Gasteiger partial charge in [0.25, 0.3) is 0 Å². The van der Waals surface area contributed by atoms with Gasteiger partial charge in [0.15, 0.2) is 5.96 Å². The molecule has 2 N–H and O–H groups in total. The minimum absolute atomic E-state index is 0.325. The fourth-order valence-corrected chi connectivity index (χ4v) is 3.28. The van der Waals surface area contributed by atoms with Crippen molar-refractivity contribution in [2.24, 2.45) is 4.99 Å². The van der Waals surface area contributed by atoms with Gasteiger partial charge in [0.05, 0.1) is 12.7 Å². The Morgan fingerprint density at radius 3 is 2.62 bits per heavy atom. The first kappa shape index (κ1) is 19.5. The number of ether oxygens (including phenoxy) is 2. The molecular weight excluding hydrogens is 304 g/mol. The topological polar surface area (TPSA) is 58.1 Å². The van der Waals surface area contributed by atoms with Gasteiger partial charge in [0.1, 0.15) is 0 Å². The molecule has 0 amide bonds. The maximum atomic E-state index is 5.67. The van der Waals surface area contributed by atoms with E-state index in [9.17, 15) is 0 Å². The summed E-state index contributed by atoms with van der Waals surface area (Å²) in [5, 5.41) is 6.77. The molecule has 0 saturated carbocycles. The summed E-state index contributed by atoms with van der Waals surface area (Å²) < 4.78 is 11.2. The molecule has 0 aliphatic carbocycles.